The summed E-state index contributed by atoms with van der Waals surface area (Å²) in [6.07, 6.45) is 3.22. The first-order valence-corrected chi connectivity index (χ1v) is 7.74. The standard InChI is InChI=1S/C17H28N2O/c1-7-9-17(5,6)14-12-11-20-10-8-13(12)18-15(19-14)16(2,3)4/h7-11H2,1-6H3. The number of hydrogen-bond donors (Lipinski definition) is 0. The van der Waals surface area contributed by atoms with Gasteiger partial charge in [-0.3, -0.25) is 0 Å². The van der Waals surface area contributed by atoms with Crippen molar-refractivity contribution in [3.8, 4) is 0 Å². The van der Waals surface area contributed by atoms with Gasteiger partial charge in [-0.2, -0.15) is 0 Å². The van der Waals surface area contributed by atoms with Crippen LogP contribution in [0.2, 0.25) is 0 Å². The van der Waals surface area contributed by atoms with E-state index in [1.807, 2.05) is 0 Å². The van der Waals surface area contributed by atoms with Crippen molar-refractivity contribution in [2.45, 2.75) is 78.2 Å². The number of aromatic nitrogens is 2. The fraction of sp³-hybridized carbons (Fsp3) is 0.765. The molecular formula is C17H28N2O. The highest BCUT2D eigenvalue weighted by molar-refractivity contribution is 5.33. The minimum Gasteiger partial charge on any atom is -0.376 e. The lowest BCUT2D eigenvalue weighted by Gasteiger charge is -2.31. The number of nitrogens with zero attached hydrogens (tertiary/aromatic N) is 2. The third kappa shape index (κ3) is 3.03. The van der Waals surface area contributed by atoms with Crippen molar-refractivity contribution in [2.75, 3.05) is 6.61 Å². The molecule has 0 unspecified atom stereocenters. The molecule has 0 saturated heterocycles. The summed E-state index contributed by atoms with van der Waals surface area (Å²) < 4.78 is 5.66. The second kappa shape index (κ2) is 5.44. The normalized spacial score (nSPS) is 16.1. The van der Waals surface area contributed by atoms with E-state index in [1.165, 1.54) is 17.0 Å². The first-order chi connectivity index (χ1) is 9.25. The van der Waals surface area contributed by atoms with E-state index in [2.05, 4.69) is 41.5 Å². The predicted octanol–water partition coefficient (Wildman–Crippen LogP) is 3.92. The summed E-state index contributed by atoms with van der Waals surface area (Å²) in [5, 5.41) is 0. The molecule has 3 heteroatoms. The van der Waals surface area contributed by atoms with E-state index in [-0.39, 0.29) is 10.8 Å². The Bertz CT molecular complexity index is 486. The maximum Gasteiger partial charge on any atom is 0.134 e. The maximum atomic E-state index is 5.66. The quantitative estimate of drug-likeness (QED) is 0.839. The van der Waals surface area contributed by atoms with Gasteiger partial charge in [-0.25, -0.2) is 9.97 Å². The van der Waals surface area contributed by atoms with Crippen molar-refractivity contribution in [1.29, 1.82) is 0 Å². The Morgan fingerprint density at radius 3 is 2.40 bits per heavy atom. The molecule has 0 atom stereocenters. The van der Waals surface area contributed by atoms with Crippen molar-refractivity contribution >= 4 is 0 Å². The average Bonchev–Trinajstić information content (AvgIpc) is 2.36. The molecule has 0 N–H and O–H groups in total. The first-order valence-electron chi connectivity index (χ1n) is 7.74. The molecule has 1 aliphatic heterocycles. The molecule has 0 bridgehead atoms. The summed E-state index contributed by atoms with van der Waals surface area (Å²) in [6.45, 7) is 14.8. The van der Waals surface area contributed by atoms with Crippen molar-refractivity contribution < 1.29 is 4.74 Å². The van der Waals surface area contributed by atoms with Gasteiger partial charge in [-0.05, 0) is 6.42 Å². The van der Waals surface area contributed by atoms with Crippen LogP contribution in [0, 0.1) is 0 Å². The van der Waals surface area contributed by atoms with Crippen LogP contribution in [-0.2, 0) is 28.6 Å². The Labute approximate surface area is 123 Å². The van der Waals surface area contributed by atoms with Crippen LogP contribution in [0.15, 0.2) is 0 Å². The van der Waals surface area contributed by atoms with Crippen LogP contribution in [-0.4, -0.2) is 16.6 Å². The fourth-order valence-corrected chi connectivity index (χ4v) is 2.87. The van der Waals surface area contributed by atoms with E-state index in [0.717, 1.165) is 31.7 Å². The van der Waals surface area contributed by atoms with E-state index in [9.17, 15) is 0 Å². The van der Waals surface area contributed by atoms with E-state index in [4.69, 9.17) is 14.7 Å². The van der Waals surface area contributed by atoms with Crippen molar-refractivity contribution in [3.05, 3.63) is 22.8 Å². The topological polar surface area (TPSA) is 35.0 Å². The van der Waals surface area contributed by atoms with Crippen LogP contribution < -0.4 is 0 Å². The molecule has 0 amide bonds. The third-order valence-corrected chi connectivity index (χ3v) is 4.01. The largest absolute Gasteiger partial charge is 0.376 e. The van der Waals surface area contributed by atoms with E-state index < -0.39 is 0 Å². The number of ether oxygens (including phenoxy) is 1. The lowest BCUT2D eigenvalue weighted by atomic mass is 9.80. The van der Waals surface area contributed by atoms with Crippen LogP contribution in [0.3, 0.4) is 0 Å². The Morgan fingerprint density at radius 1 is 1.10 bits per heavy atom. The second-order valence-electron chi connectivity index (χ2n) is 7.51. The van der Waals surface area contributed by atoms with Gasteiger partial charge in [0, 0.05) is 22.8 Å². The SMILES string of the molecule is CCCC(C)(C)c1nc(C(C)(C)C)nc2c1COCC2. The second-order valence-corrected chi connectivity index (χ2v) is 7.51. The predicted molar refractivity (Wildman–Crippen MR) is 82.0 cm³/mol. The molecule has 0 radical (unpaired) electrons. The zero-order chi connectivity index (χ0) is 15.0. The van der Waals surface area contributed by atoms with Gasteiger partial charge < -0.3 is 4.74 Å². The molecular weight excluding hydrogens is 248 g/mol. The van der Waals surface area contributed by atoms with Gasteiger partial charge in [0.05, 0.1) is 24.6 Å². The monoisotopic (exact) mass is 276 g/mol. The number of rotatable bonds is 3. The third-order valence-electron chi connectivity index (χ3n) is 4.01. The van der Waals surface area contributed by atoms with Crippen LogP contribution in [0.5, 0.6) is 0 Å². The number of hydrogen-bond acceptors (Lipinski definition) is 3. The highest BCUT2D eigenvalue weighted by Gasteiger charge is 2.31. The summed E-state index contributed by atoms with van der Waals surface area (Å²) in [4.78, 5) is 9.78. The summed E-state index contributed by atoms with van der Waals surface area (Å²) in [6, 6.07) is 0. The molecule has 0 aliphatic carbocycles. The van der Waals surface area contributed by atoms with Crippen LogP contribution >= 0.6 is 0 Å². The molecule has 2 rings (SSSR count). The summed E-state index contributed by atoms with van der Waals surface area (Å²) in [7, 11) is 0. The molecule has 0 spiro atoms. The molecule has 0 fully saturated rings. The van der Waals surface area contributed by atoms with Crippen molar-refractivity contribution in [3.63, 3.8) is 0 Å². The molecule has 20 heavy (non-hydrogen) atoms. The summed E-state index contributed by atoms with van der Waals surface area (Å²) in [5.41, 5.74) is 3.72. The molecule has 1 aromatic rings. The highest BCUT2D eigenvalue weighted by atomic mass is 16.5. The van der Waals surface area contributed by atoms with Gasteiger partial charge in [0.25, 0.3) is 0 Å². The smallest absolute Gasteiger partial charge is 0.134 e. The minimum absolute atomic E-state index is 0.00954. The maximum absolute atomic E-state index is 5.66. The fourth-order valence-electron chi connectivity index (χ4n) is 2.87. The zero-order valence-corrected chi connectivity index (χ0v) is 13.8. The minimum atomic E-state index is -0.00954. The molecule has 112 valence electrons. The molecule has 1 aliphatic rings. The molecule has 1 aromatic heterocycles. The van der Waals surface area contributed by atoms with Gasteiger partial charge in [-0.1, -0.05) is 48.0 Å². The van der Waals surface area contributed by atoms with Crippen LogP contribution in [0.1, 0.15) is 77.2 Å². The van der Waals surface area contributed by atoms with E-state index in [1.54, 1.807) is 0 Å². The Hall–Kier alpha value is -0.960. The number of fused-ring (bicyclic) bond motifs is 1. The zero-order valence-electron chi connectivity index (χ0n) is 13.8. The molecule has 2 heterocycles. The van der Waals surface area contributed by atoms with Gasteiger partial charge in [0.1, 0.15) is 5.82 Å². The van der Waals surface area contributed by atoms with Gasteiger partial charge in [0.2, 0.25) is 0 Å². The van der Waals surface area contributed by atoms with Crippen LogP contribution in [0.4, 0.5) is 0 Å². The summed E-state index contributed by atoms with van der Waals surface area (Å²) in [5.74, 6) is 0.970. The summed E-state index contributed by atoms with van der Waals surface area (Å²) >= 11 is 0. The van der Waals surface area contributed by atoms with Crippen molar-refractivity contribution in [1.82, 2.24) is 9.97 Å². The van der Waals surface area contributed by atoms with E-state index >= 15 is 0 Å². The molecule has 0 saturated carbocycles. The van der Waals surface area contributed by atoms with E-state index in [0.29, 0.717) is 6.61 Å². The highest BCUT2D eigenvalue weighted by Crippen LogP contribution is 2.34. The molecule has 0 aromatic carbocycles. The van der Waals surface area contributed by atoms with Crippen LogP contribution in [0.25, 0.3) is 0 Å². The Balaban J connectivity index is 2.58. The molecule has 3 nitrogen and oxygen atoms in total. The Kier molecular flexibility index (Phi) is 4.19. The lowest BCUT2D eigenvalue weighted by molar-refractivity contribution is 0.106. The van der Waals surface area contributed by atoms with Gasteiger partial charge >= 0.3 is 0 Å². The van der Waals surface area contributed by atoms with Gasteiger partial charge in [0.15, 0.2) is 0 Å². The average molecular weight is 276 g/mol. The van der Waals surface area contributed by atoms with Gasteiger partial charge in [-0.15, -0.1) is 0 Å². The lowest BCUT2D eigenvalue weighted by Crippen LogP contribution is -2.29. The first kappa shape index (κ1) is 15.4. The van der Waals surface area contributed by atoms with Crippen molar-refractivity contribution in [2.24, 2.45) is 0 Å². The Morgan fingerprint density at radius 2 is 1.80 bits per heavy atom.